The third kappa shape index (κ3) is 4.92. The van der Waals surface area contributed by atoms with E-state index in [2.05, 4.69) is 15.3 Å². The van der Waals surface area contributed by atoms with Crippen LogP contribution in [0.25, 0.3) is 11.0 Å². The number of H-pyrrole nitrogens is 1. The molecule has 1 heterocycles. The van der Waals surface area contributed by atoms with Crippen molar-refractivity contribution in [3.8, 4) is 0 Å². The number of carbonyl (C=O) groups excluding carboxylic acids is 1. The van der Waals surface area contributed by atoms with E-state index >= 15 is 0 Å². The molecule has 3 rings (SSSR count). The molecular weight excluding hydrogens is 432 g/mol. The maximum absolute atomic E-state index is 12.7. The Bertz CT molecular complexity index is 1090. The fourth-order valence-corrected chi connectivity index (χ4v) is 5.13. The van der Waals surface area contributed by atoms with Crippen molar-refractivity contribution in [3.63, 3.8) is 0 Å². The molecule has 1 aromatic heterocycles. The second-order valence-corrected chi connectivity index (χ2v) is 9.44. The third-order valence-electron chi connectivity index (χ3n) is 4.26. The van der Waals surface area contributed by atoms with Crippen molar-refractivity contribution in [1.82, 2.24) is 14.3 Å². The van der Waals surface area contributed by atoms with Crippen LogP contribution < -0.4 is 5.32 Å². The summed E-state index contributed by atoms with van der Waals surface area (Å²) in [7, 11) is -3.64. The molecule has 10 heteroatoms. The monoisotopic (exact) mass is 452 g/mol. The highest BCUT2D eigenvalue weighted by molar-refractivity contribution is 7.99. The average molecular weight is 453 g/mol. The van der Waals surface area contributed by atoms with Gasteiger partial charge in [0.1, 0.15) is 0 Å². The van der Waals surface area contributed by atoms with Crippen LogP contribution in [-0.4, -0.2) is 47.4 Å². The number of fused-ring (bicyclic) bond motifs is 1. The van der Waals surface area contributed by atoms with E-state index in [4.69, 9.17) is 11.6 Å². The number of anilines is 1. The van der Waals surface area contributed by atoms with Gasteiger partial charge in [-0.2, -0.15) is 4.31 Å². The lowest BCUT2D eigenvalue weighted by atomic mass is 10.3. The van der Waals surface area contributed by atoms with Crippen molar-refractivity contribution in [1.29, 1.82) is 0 Å². The van der Waals surface area contributed by atoms with Crippen LogP contribution in [0.4, 0.5) is 5.69 Å². The lowest BCUT2D eigenvalue weighted by Gasteiger charge is -2.19. The summed E-state index contributed by atoms with van der Waals surface area (Å²) in [5, 5.41) is 3.58. The van der Waals surface area contributed by atoms with Crippen LogP contribution in [0.5, 0.6) is 0 Å². The standard InChI is InChI=1S/C19H21ClN4O3S2/c1-3-24(4-2)29(26,27)13-9-10-14(20)17(11-13)21-18(25)12-28-19-22-15-7-5-6-8-16(15)23-19/h5-11H,3-4,12H2,1-2H3,(H,21,25)(H,22,23). The smallest absolute Gasteiger partial charge is 0.243 e. The molecular formula is C19H21ClN4O3S2. The van der Waals surface area contributed by atoms with E-state index in [9.17, 15) is 13.2 Å². The maximum Gasteiger partial charge on any atom is 0.243 e. The molecule has 0 aliphatic rings. The van der Waals surface area contributed by atoms with Crippen LogP contribution in [0.2, 0.25) is 5.02 Å². The topological polar surface area (TPSA) is 95.2 Å². The minimum Gasteiger partial charge on any atom is -0.333 e. The largest absolute Gasteiger partial charge is 0.333 e. The first-order valence-electron chi connectivity index (χ1n) is 9.02. The van der Waals surface area contributed by atoms with E-state index in [-0.39, 0.29) is 27.3 Å². The molecule has 0 unspecified atom stereocenters. The maximum atomic E-state index is 12.7. The number of aromatic amines is 1. The van der Waals surface area contributed by atoms with E-state index in [0.29, 0.717) is 18.2 Å². The summed E-state index contributed by atoms with van der Waals surface area (Å²) < 4.78 is 26.7. The first kappa shape index (κ1) is 21.6. The zero-order chi connectivity index (χ0) is 21.0. The molecule has 0 saturated heterocycles. The minimum atomic E-state index is -3.64. The van der Waals surface area contributed by atoms with Crippen LogP contribution in [-0.2, 0) is 14.8 Å². The first-order chi connectivity index (χ1) is 13.8. The van der Waals surface area contributed by atoms with E-state index < -0.39 is 10.0 Å². The van der Waals surface area contributed by atoms with E-state index in [1.807, 2.05) is 24.3 Å². The van der Waals surface area contributed by atoms with Crippen molar-refractivity contribution >= 4 is 56.0 Å². The number of aromatic nitrogens is 2. The van der Waals surface area contributed by atoms with Crippen molar-refractivity contribution in [2.24, 2.45) is 0 Å². The Hall–Kier alpha value is -2.07. The van der Waals surface area contributed by atoms with Gasteiger partial charge in [0.25, 0.3) is 0 Å². The molecule has 2 N–H and O–H groups in total. The predicted octanol–water partition coefficient (Wildman–Crippen LogP) is 3.98. The lowest BCUT2D eigenvalue weighted by Crippen LogP contribution is -2.30. The third-order valence-corrected chi connectivity index (χ3v) is 7.51. The van der Waals surface area contributed by atoms with Crippen LogP contribution in [0.15, 0.2) is 52.5 Å². The van der Waals surface area contributed by atoms with Gasteiger partial charge in [-0.3, -0.25) is 4.79 Å². The molecule has 0 bridgehead atoms. The number of para-hydroxylation sites is 2. The van der Waals surface area contributed by atoms with Gasteiger partial charge in [-0.15, -0.1) is 0 Å². The number of hydrogen-bond acceptors (Lipinski definition) is 5. The zero-order valence-electron chi connectivity index (χ0n) is 16.0. The van der Waals surface area contributed by atoms with Crippen LogP contribution in [0.3, 0.4) is 0 Å². The highest BCUT2D eigenvalue weighted by Crippen LogP contribution is 2.27. The number of nitrogens with one attached hydrogen (secondary N) is 2. The number of amides is 1. The first-order valence-corrected chi connectivity index (χ1v) is 11.8. The second kappa shape index (κ2) is 9.17. The molecule has 0 aliphatic heterocycles. The van der Waals surface area contributed by atoms with Crippen molar-refractivity contribution in [2.45, 2.75) is 23.9 Å². The second-order valence-electron chi connectivity index (χ2n) is 6.13. The lowest BCUT2D eigenvalue weighted by molar-refractivity contribution is -0.113. The highest BCUT2D eigenvalue weighted by atomic mass is 35.5. The molecule has 154 valence electrons. The van der Waals surface area contributed by atoms with Gasteiger partial charge in [-0.25, -0.2) is 13.4 Å². The van der Waals surface area contributed by atoms with Crippen LogP contribution in [0, 0.1) is 0 Å². The Labute approximate surface area is 178 Å². The molecule has 0 aliphatic carbocycles. The minimum absolute atomic E-state index is 0.0887. The molecule has 29 heavy (non-hydrogen) atoms. The van der Waals surface area contributed by atoms with Gasteiger partial charge in [0, 0.05) is 13.1 Å². The Balaban J connectivity index is 1.71. The van der Waals surface area contributed by atoms with Crippen molar-refractivity contribution in [2.75, 3.05) is 24.2 Å². The van der Waals surface area contributed by atoms with Gasteiger partial charge in [-0.1, -0.05) is 49.3 Å². The van der Waals surface area contributed by atoms with E-state index in [1.54, 1.807) is 13.8 Å². The number of thioether (sulfide) groups is 1. The Morgan fingerprint density at radius 1 is 1.21 bits per heavy atom. The van der Waals surface area contributed by atoms with Gasteiger partial charge < -0.3 is 10.3 Å². The molecule has 3 aromatic rings. The summed E-state index contributed by atoms with van der Waals surface area (Å²) in [6.45, 7) is 4.26. The number of nitrogens with zero attached hydrogens (tertiary/aromatic N) is 2. The molecule has 0 spiro atoms. The number of rotatable bonds is 8. The number of halogens is 1. The van der Waals surface area contributed by atoms with E-state index in [1.165, 1.54) is 34.3 Å². The van der Waals surface area contributed by atoms with Gasteiger partial charge >= 0.3 is 0 Å². The van der Waals surface area contributed by atoms with Gasteiger partial charge in [0.15, 0.2) is 5.16 Å². The average Bonchev–Trinajstić information content (AvgIpc) is 3.12. The number of carbonyl (C=O) groups is 1. The van der Waals surface area contributed by atoms with Crippen molar-refractivity contribution in [3.05, 3.63) is 47.5 Å². The van der Waals surface area contributed by atoms with Crippen LogP contribution in [0.1, 0.15) is 13.8 Å². The van der Waals surface area contributed by atoms with Gasteiger partial charge in [0.05, 0.1) is 32.4 Å². The molecule has 2 aromatic carbocycles. The molecule has 0 fully saturated rings. The fourth-order valence-electron chi connectivity index (χ4n) is 2.79. The summed E-state index contributed by atoms with van der Waals surface area (Å²) in [4.78, 5) is 20.0. The summed E-state index contributed by atoms with van der Waals surface area (Å²) in [5.41, 5.74) is 1.98. The highest BCUT2D eigenvalue weighted by Gasteiger charge is 2.22. The normalized spacial score (nSPS) is 11.9. The van der Waals surface area contributed by atoms with Gasteiger partial charge in [0.2, 0.25) is 15.9 Å². The Morgan fingerprint density at radius 2 is 1.93 bits per heavy atom. The quantitative estimate of drug-likeness (QED) is 0.504. The summed E-state index contributed by atoms with van der Waals surface area (Å²) in [6.07, 6.45) is 0. The predicted molar refractivity (Wildman–Crippen MR) is 117 cm³/mol. The number of sulfonamides is 1. The number of imidazole rings is 1. The van der Waals surface area contributed by atoms with E-state index in [0.717, 1.165) is 11.0 Å². The number of benzene rings is 2. The molecule has 0 saturated carbocycles. The summed E-state index contributed by atoms with van der Waals surface area (Å²) in [6, 6.07) is 11.9. The zero-order valence-corrected chi connectivity index (χ0v) is 18.4. The van der Waals surface area contributed by atoms with Crippen molar-refractivity contribution < 1.29 is 13.2 Å². The molecule has 0 radical (unpaired) electrons. The SMILES string of the molecule is CCN(CC)S(=O)(=O)c1ccc(Cl)c(NC(=O)CSc2nc3ccccc3[nH]2)c1. The van der Waals surface area contributed by atoms with Gasteiger partial charge in [-0.05, 0) is 30.3 Å². The summed E-state index contributed by atoms with van der Waals surface area (Å²) in [5.74, 6) is -0.210. The Kier molecular flexibility index (Phi) is 6.84. The Morgan fingerprint density at radius 3 is 2.62 bits per heavy atom. The molecule has 0 atom stereocenters. The summed E-state index contributed by atoms with van der Waals surface area (Å²) >= 11 is 7.41. The molecule has 1 amide bonds. The molecule has 7 nitrogen and oxygen atoms in total. The van der Waals surface area contributed by atoms with Crippen LogP contribution >= 0.6 is 23.4 Å². The fraction of sp³-hybridized carbons (Fsp3) is 0.263. The number of hydrogen-bond donors (Lipinski definition) is 2.